The van der Waals surface area contributed by atoms with Gasteiger partial charge in [0.2, 0.25) is 0 Å². The first-order chi connectivity index (χ1) is 8.32. The van der Waals surface area contributed by atoms with Gasteiger partial charge in [-0.05, 0) is 24.6 Å². The van der Waals surface area contributed by atoms with E-state index in [1.807, 2.05) is 0 Å². The highest BCUT2D eigenvalue weighted by Crippen LogP contribution is 2.22. The van der Waals surface area contributed by atoms with E-state index >= 15 is 0 Å². The van der Waals surface area contributed by atoms with Gasteiger partial charge in [0.15, 0.2) is 5.78 Å². The predicted octanol–water partition coefficient (Wildman–Crippen LogP) is 0.897. The van der Waals surface area contributed by atoms with Crippen LogP contribution in [0.25, 0.3) is 0 Å². The topological polar surface area (TPSA) is 94.8 Å². The van der Waals surface area contributed by atoms with E-state index in [9.17, 15) is 24.2 Å². The molecule has 1 rings (SSSR count). The van der Waals surface area contributed by atoms with Gasteiger partial charge in [0.1, 0.15) is 11.9 Å². The summed E-state index contributed by atoms with van der Waals surface area (Å²) in [4.78, 5) is 21.5. The molecule has 3 N–H and O–H groups in total. The number of carbonyl (C=O) groups is 2. The number of benzene rings is 1. The molecule has 6 heteroatoms. The normalized spacial score (nSPS) is 14.0. The minimum Gasteiger partial charge on any atom is -0.481 e. The number of hydrogen-bond acceptors (Lipinski definition) is 4. The molecule has 0 saturated heterocycles. The summed E-state index contributed by atoms with van der Waals surface area (Å²) in [5.41, 5.74) is -0.121. The van der Waals surface area contributed by atoms with Crippen LogP contribution in [0.4, 0.5) is 4.39 Å². The first-order valence-corrected chi connectivity index (χ1v) is 5.21. The summed E-state index contributed by atoms with van der Waals surface area (Å²) < 4.78 is 13.2. The molecule has 2 atom stereocenters. The Morgan fingerprint density at radius 3 is 2.44 bits per heavy atom. The molecule has 0 aliphatic carbocycles. The Morgan fingerprint density at radius 2 is 1.94 bits per heavy atom. The number of rotatable bonds is 5. The van der Waals surface area contributed by atoms with Crippen LogP contribution < -0.4 is 0 Å². The van der Waals surface area contributed by atoms with E-state index in [1.165, 1.54) is 13.0 Å². The van der Waals surface area contributed by atoms with Gasteiger partial charge in [-0.25, -0.2) is 4.39 Å². The number of carbonyl (C=O) groups excluding carboxylic acids is 1. The van der Waals surface area contributed by atoms with Crippen LogP contribution in [0.2, 0.25) is 0 Å². The van der Waals surface area contributed by atoms with E-state index in [4.69, 9.17) is 5.11 Å². The smallest absolute Gasteiger partial charge is 0.306 e. The molecule has 0 aliphatic heterocycles. The zero-order valence-corrected chi connectivity index (χ0v) is 9.63. The summed E-state index contributed by atoms with van der Waals surface area (Å²) in [7, 11) is 0. The lowest BCUT2D eigenvalue weighted by atomic mass is 9.99. The molecule has 1 aromatic rings. The fourth-order valence-electron chi connectivity index (χ4n) is 1.51. The van der Waals surface area contributed by atoms with Gasteiger partial charge in [0, 0.05) is 0 Å². The summed E-state index contributed by atoms with van der Waals surface area (Å²) in [6.07, 6.45) is -3.65. The Hall–Kier alpha value is -1.79. The van der Waals surface area contributed by atoms with Gasteiger partial charge in [-0.1, -0.05) is 6.07 Å². The summed E-state index contributed by atoms with van der Waals surface area (Å²) in [5.74, 6) is -2.52. The quantitative estimate of drug-likeness (QED) is 0.680. The molecule has 18 heavy (non-hydrogen) atoms. The van der Waals surface area contributed by atoms with Crippen LogP contribution in [0.15, 0.2) is 18.2 Å². The van der Waals surface area contributed by atoms with E-state index in [0.717, 1.165) is 12.1 Å². The number of ketones is 1. The lowest BCUT2D eigenvalue weighted by Crippen LogP contribution is -2.22. The van der Waals surface area contributed by atoms with E-state index in [-0.39, 0.29) is 11.1 Å². The van der Waals surface area contributed by atoms with Crippen LogP contribution in [0, 0.1) is 5.82 Å². The molecule has 0 aliphatic rings. The minimum atomic E-state index is -1.52. The highest BCUT2D eigenvalue weighted by Gasteiger charge is 2.22. The Balaban J connectivity index is 2.99. The molecule has 1 aromatic carbocycles. The zero-order valence-electron chi connectivity index (χ0n) is 9.63. The van der Waals surface area contributed by atoms with Crippen LogP contribution in [0.3, 0.4) is 0 Å². The number of carboxylic acid groups (broad SMARTS) is 1. The van der Waals surface area contributed by atoms with Gasteiger partial charge in [0.25, 0.3) is 0 Å². The number of aliphatic carboxylic acids is 1. The van der Waals surface area contributed by atoms with E-state index in [2.05, 4.69) is 0 Å². The van der Waals surface area contributed by atoms with Gasteiger partial charge in [-0.2, -0.15) is 0 Å². The fraction of sp³-hybridized carbons (Fsp3) is 0.333. The summed E-state index contributed by atoms with van der Waals surface area (Å²) >= 11 is 0. The lowest BCUT2D eigenvalue weighted by molar-refractivity contribution is -0.141. The number of aliphatic hydroxyl groups excluding tert-OH is 2. The zero-order chi connectivity index (χ0) is 13.9. The van der Waals surface area contributed by atoms with Crippen LogP contribution >= 0.6 is 0 Å². The minimum absolute atomic E-state index is 0.0929. The molecule has 0 heterocycles. The standard InChI is InChI=1S/C12H13FO5/c1-6(14)8-4-7(2-3-9(8)13)12(18)10(15)5-11(16)17/h2-4,10,12,15,18H,5H2,1H3,(H,16,17). The number of hydrogen-bond donors (Lipinski definition) is 3. The summed E-state index contributed by atoms with van der Waals surface area (Å²) in [6.45, 7) is 1.17. The largest absolute Gasteiger partial charge is 0.481 e. The van der Waals surface area contributed by atoms with Gasteiger partial charge < -0.3 is 15.3 Å². The number of halogens is 1. The van der Waals surface area contributed by atoms with E-state index in [0.29, 0.717) is 0 Å². The van der Waals surface area contributed by atoms with Crippen LogP contribution in [-0.4, -0.2) is 33.2 Å². The Morgan fingerprint density at radius 1 is 1.33 bits per heavy atom. The first-order valence-electron chi connectivity index (χ1n) is 5.21. The summed E-state index contributed by atoms with van der Waals surface area (Å²) in [6, 6.07) is 3.29. The Labute approximate surface area is 102 Å². The molecule has 0 aromatic heterocycles. The highest BCUT2D eigenvalue weighted by molar-refractivity contribution is 5.94. The number of Topliss-reactive ketones (excluding diaryl/α,β-unsaturated/α-hetero) is 1. The van der Waals surface area contributed by atoms with Gasteiger partial charge >= 0.3 is 5.97 Å². The fourth-order valence-corrected chi connectivity index (χ4v) is 1.51. The lowest BCUT2D eigenvalue weighted by Gasteiger charge is -2.17. The SMILES string of the molecule is CC(=O)c1cc(C(O)C(O)CC(=O)O)ccc1F. The third-order valence-corrected chi connectivity index (χ3v) is 2.46. The molecule has 0 saturated carbocycles. The molecule has 0 bridgehead atoms. The first kappa shape index (κ1) is 14.3. The van der Waals surface area contributed by atoms with Crippen molar-refractivity contribution in [3.8, 4) is 0 Å². The molecule has 0 fully saturated rings. The molecular formula is C12H13FO5. The van der Waals surface area contributed by atoms with Crippen molar-refractivity contribution in [2.75, 3.05) is 0 Å². The van der Waals surface area contributed by atoms with Crippen molar-refractivity contribution < 1.29 is 29.3 Å². The highest BCUT2D eigenvalue weighted by atomic mass is 19.1. The van der Waals surface area contributed by atoms with Gasteiger partial charge in [-0.15, -0.1) is 0 Å². The maximum atomic E-state index is 13.2. The number of aliphatic hydroxyl groups is 2. The molecule has 0 radical (unpaired) electrons. The average Bonchev–Trinajstić information content (AvgIpc) is 2.27. The Bertz CT molecular complexity index is 472. The van der Waals surface area contributed by atoms with Gasteiger partial charge in [-0.3, -0.25) is 9.59 Å². The van der Waals surface area contributed by atoms with E-state index < -0.39 is 36.2 Å². The average molecular weight is 256 g/mol. The van der Waals surface area contributed by atoms with Crippen LogP contribution in [0.5, 0.6) is 0 Å². The maximum Gasteiger partial charge on any atom is 0.306 e. The van der Waals surface area contributed by atoms with Crippen molar-refractivity contribution >= 4 is 11.8 Å². The third-order valence-electron chi connectivity index (χ3n) is 2.46. The molecule has 0 spiro atoms. The number of carboxylic acids is 1. The van der Waals surface area contributed by atoms with Crippen LogP contribution in [0.1, 0.15) is 35.4 Å². The third kappa shape index (κ3) is 3.35. The Kier molecular flexibility index (Phi) is 4.52. The van der Waals surface area contributed by atoms with Crippen molar-refractivity contribution in [1.29, 1.82) is 0 Å². The van der Waals surface area contributed by atoms with E-state index in [1.54, 1.807) is 0 Å². The summed E-state index contributed by atoms with van der Waals surface area (Å²) in [5, 5.41) is 27.6. The molecule has 5 nitrogen and oxygen atoms in total. The second-order valence-electron chi connectivity index (χ2n) is 3.91. The monoisotopic (exact) mass is 256 g/mol. The molecular weight excluding hydrogens is 243 g/mol. The second kappa shape index (κ2) is 5.70. The second-order valence-corrected chi connectivity index (χ2v) is 3.91. The van der Waals surface area contributed by atoms with Crippen molar-refractivity contribution in [1.82, 2.24) is 0 Å². The van der Waals surface area contributed by atoms with Crippen molar-refractivity contribution in [2.45, 2.75) is 25.6 Å². The molecule has 98 valence electrons. The van der Waals surface area contributed by atoms with Crippen LogP contribution in [-0.2, 0) is 4.79 Å². The van der Waals surface area contributed by atoms with Gasteiger partial charge in [0.05, 0.1) is 18.1 Å². The molecule has 2 unspecified atom stereocenters. The maximum absolute atomic E-state index is 13.2. The molecule has 0 amide bonds. The predicted molar refractivity (Wildman–Crippen MR) is 59.6 cm³/mol. The van der Waals surface area contributed by atoms with Crippen molar-refractivity contribution in [3.05, 3.63) is 35.1 Å². The van der Waals surface area contributed by atoms with Crippen molar-refractivity contribution in [3.63, 3.8) is 0 Å². The van der Waals surface area contributed by atoms with Crippen molar-refractivity contribution in [2.24, 2.45) is 0 Å².